The van der Waals surface area contributed by atoms with Gasteiger partial charge in [0.2, 0.25) is 0 Å². The summed E-state index contributed by atoms with van der Waals surface area (Å²) in [5, 5.41) is 0. The molecule has 1 heterocycles. The molecule has 1 aromatic carbocycles. The summed E-state index contributed by atoms with van der Waals surface area (Å²) in [5.41, 5.74) is 0.994. The third kappa shape index (κ3) is 4.31. The van der Waals surface area contributed by atoms with Gasteiger partial charge in [0.1, 0.15) is 12.2 Å². The van der Waals surface area contributed by atoms with Crippen LogP contribution in [0.25, 0.3) is 0 Å². The second-order valence-corrected chi connectivity index (χ2v) is 8.44. The smallest absolute Gasteiger partial charge is 0.297 e. The molecule has 0 N–H and O–H groups in total. The van der Waals surface area contributed by atoms with E-state index in [2.05, 4.69) is 6.58 Å². The Morgan fingerprint density at radius 1 is 1.28 bits per heavy atom. The summed E-state index contributed by atoms with van der Waals surface area (Å²) in [6.45, 7) is 5.98. The van der Waals surface area contributed by atoms with Crippen LogP contribution in [0.5, 0.6) is 0 Å². The van der Waals surface area contributed by atoms with E-state index in [1.165, 1.54) is 6.42 Å². The number of aryl methyl sites for hydroxylation is 1. The van der Waals surface area contributed by atoms with E-state index in [-0.39, 0.29) is 4.90 Å². The number of benzene rings is 1. The topological polar surface area (TPSA) is 61.8 Å². The van der Waals surface area contributed by atoms with Gasteiger partial charge in [0.15, 0.2) is 5.79 Å². The minimum atomic E-state index is -3.86. The Morgan fingerprint density at radius 2 is 1.96 bits per heavy atom. The molecule has 1 aliphatic carbocycles. The van der Waals surface area contributed by atoms with Crippen molar-refractivity contribution in [3.63, 3.8) is 0 Å². The highest BCUT2D eigenvalue weighted by atomic mass is 32.2. The minimum Gasteiger partial charge on any atom is -0.347 e. The molecular weight excluding hydrogens is 340 g/mol. The normalized spacial score (nSPS) is 24.3. The van der Waals surface area contributed by atoms with Gasteiger partial charge in [-0.1, -0.05) is 30.2 Å². The van der Waals surface area contributed by atoms with Crippen molar-refractivity contribution in [2.75, 3.05) is 6.61 Å². The second kappa shape index (κ2) is 7.58. The van der Waals surface area contributed by atoms with Crippen molar-refractivity contribution in [2.45, 2.75) is 68.3 Å². The second-order valence-electron chi connectivity index (χ2n) is 6.86. The molecule has 1 aromatic rings. The van der Waals surface area contributed by atoms with Crippen LogP contribution in [0.1, 0.15) is 44.1 Å². The molecule has 0 radical (unpaired) electrons. The highest BCUT2D eigenvalue weighted by molar-refractivity contribution is 7.86. The molecule has 2 atom stereocenters. The first-order valence-corrected chi connectivity index (χ1v) is 10.3. The molecule has 1 spiro atoms. The number of ether oxygens (including phenoxy) is 2. The van der Waals surface area contributed by atoms with Gasteiger partial charge in [0.05, 0.1) is 11.5 Å². The lowest BCUT2D eigenvalue weighted by molar-refractivity contribution is -0.193. The lowest BCUT2D eigenvalue weighted by Gasteiger charge is -2.32. The zero-order valence-electron chi connectivity index (χ0n) is 14.6. The van der Waals surface area contributed by atoms with Crippen LogP contribution in [0.2, 0.25) is 0 Å². The fourth-order valence-corrected chi connectivity index (χ4v) is 4.56. The van der Waals surface area contributed by atoms with Crippen molar-refractivity contribution in [1.29, 1.82) is 0 Å². The van der Waals surface area contributed by atoms with Crippen LogP contribution in [0.15, 0.2) is 41.8 Å². The summed E-state index contributed by atoms with van der Waals surface area (Å²) in [6.07, 6.45) is 6.04. The molecule has 0 unspecified atom stereocenters. The van der Waals surface area contributed by atoms with E-state index in [9.17, 15) is 8.42 Å². The zero-order chi connectivity index (χ0) is 17.9. The quantitative estimate of drug-likeness (QED) is 0.567. The van der Waals surface area contributed by atoms with Gasteiger partial charge >= 0.3 is 0 Å². The average Bonchev–Trinajstić information content (AvgIpc) is 2.99. The van der Waals surface area contributed by atoms with Gasteiger partial charge in [-0.25, -0.2) is 0 Å². The van der Waals surface area contributed by atoms with Crippen LogP contribution in [0.4, 0.5) is 0 Å². The third-order valence-electron chi connectivity index (χ3n) is 4.87. The van der Waals surface area contributed by atoms with Crippen LogP contribution in [0, 0.1) is 6.92 Å². The molecule has 5 nitrogen and oxygen atoms in total. The van der Waals surface area contributed by atoms with Crippen LogP contribution in [-0.4, -0.2) is 33.0 Å². The van der Waals surface area contributed by atoms with Gasteiger partial charge in [-0.15, -0.1) is 6.58 Å². The van der Waals surface area contributed by atoms with Crippen molar-refractivity contribution in [3.05, 3.63) is 42.5 Å². The molecule has 1 aliphatic heterocycles. The molecule has 25 heavy (non-hydrogen) atoms. The lowest BCUT2D eigenvalue weighted by Crippen LogP contribution is -2.37. The fourth-order valence-electron chi connectivity index (χ4n) is 3.45. The largest absolute Gasteiger partial charge is 0.347 e. The van der Waals surface area contributed by atoms with Gasteiger partial charge in [0.25, 0.3) is 10.1 Å². The predicted molar refractivity (Wildman–Crippen MR) is 94.7 cm³/mol. The van der Waals surface area contributed by atoms with E-state index >= 15 is 0 Å². The first kappa shape index (κ1) is 18.6. The lowest BCUT2D eigenvalue weighted by atomic mass is 9.94. The molecule has 6 heteroatoms. The Labute approximate surface area is 150 Å². The van der Waals surface area contributed by atoms with Crippen LogP contribution in [-0.2, 0) is 23.8 Å². The molecule has 3 rings (SSSR count). The Balaban J connectivity index is 1.73. The summed E-state index contributed by atoms with van der Waals surface area (Å²) in [5.74, 6) is -0.556. The molecule has 2 fully saturated rings. The predicted octanol–water partition coefficient (Wildman–Crippen LogP) is 3.72. The third-order valence-corrected chi connectivity index (χ3v) is 6.22. The van der Waals surface area contributed by atoms with Crippen LogP contribution in [0.3, 0.4) is 0 Å². The van der Waals surface area contributed by atoms with E-state index in [1.807, 2.05) is 6.92 Å². The van der Waals surface area contributed by atoms with E-state index in [4.69, 9.17) is 13.7 Å². The number of hydrogen-bond donors (Lipinski definition) is 0. The van der Waals surface area contributed by atoms with E-state index < -0.39 is 28.1 Å². The summed E-state index contributed by atoms with van der Waals surface area (Å²) < 4.78 is 42.8. The van der Waals surface area contributed by atoms with Gasteiger partial charge in [-0.3, -0.25) is 4.18 Å². The average molecular weight is 366 g/mol. The highest BCUT2D eigenvalue weighted by Crippen LogP contribution is 2.39. The Kier molecular flexibility index (Phi) is 5.63. The first-order chi connectivity index (χ1) is 11.9. The van der Waals surface area contributed by atoms with E-state index in [0.717, 1.165) is 31.2 Å². The Hall–Kier alpha value is -1.21. The maximum Gasteiger partial charge on any atom is 0.297 e. The van der Waals surface area contributed by atoms with Gasteiger partial charge in [-0.05, 0) is 38.3 Å². The minimum absolute atomic E-state index is 0.151. The van der Waals surface area contributed by atoms with E-state index in [0.29, 0.717) is 13.0 Å². The van der Waals surface area contributed by atoms with Gasteiger partial charge in [0, 0.05) is 12.8 Å². The summed E-state index contributed by atoms with van der Waals surface area (Å²) in [4.78, 5) is 0.151. The Morgan fingerprint density at radius 3 is 2.60 bits per heavy atom. The maximum absolute atomic E-state index is 12.6. The Bertz CT molecular complexity index is 689. The SMILES string of the molecule is C=CC[C@H](OS(=O)(=O)c1ccc(C)cc1)[C@H]1COC2(CCCCC2)O1. The van der Waals surface area contributed by atoms with Crippen molar-refractivity contribution in [3.8, 4) is 0 Å². The molecule has 0 bridgehead atoms. The highest BCUT2D eigenvalue weighted by Gasteiger charge is 2.45. The molecule has 1 saturated carbocycles. The fraction of sp³-hybridized carbons (Fsp3) is 0.579. The summed E-state index contributed by atoms with van der Waals surface area (Å²) >= 11 is 0. The van der Waals surface area contributed by atoms with Crippen molar-refractivity contribution in [1.82, 2.24) is 0 Å². The molecular formula is C19H26O5S. The molecule has 138 valence electrons. The van der Waals surface area contributed by atoms with Gasteiger partial charge in [-0.2, -0.15) is 8.42 Å². The zero-order valence-corrected chi connectivity index (χ0v) is 15.5. The number of hydrogen-bond acceptors (Lipinski definition) is 5. The first-order valence-electron chi connectivity index (χ1n) is 8.87. The standard InChI is InChI=1S/C19H26O5S/c1-3-7-17(18-14-22-19(23-18)12-5-4-6-13-19)24-25(20,21)16-10-8-15(2)9-11-16/h3,8-11,17-18H,1,4-7,12-14H2,2H3/t17-,18+/m0/s1. The van der Waals surface area contributed by atoms with Crippen molar-refractivity contribution >= 4 is 10.1 Å². The van der Waals surface area contributed by atoms with Crippen LogP contribution < -0.4 is 0 Å². The monoisotopic (exact) mass is 366 g/mol. The van der Waals surface area contributed by atoms with E-state index in [1.54, 1.807) is 30.3 Å². The van der Waals surface area contributed by atoms with Crippen molar-refractivity contribution in [2.24, 2.45) is 0 Å². The molecule has 0 amide bonds. The molecule has 1 saturated heterocycles. The van der Waals surface area contributed by atoms with Crippen molar-refractivity contribution < 1.29 is 22.1 Å². The summed E-state index contributed by atoms with van der Waals surface area (Å²) in [6, 6.07) is 6.63. The summed E-state index contributed by atoms with van der Waals surface area (Å²) in [7, 11) is -3.86. The molecule has 2 aliphatic rings. The molecule has 0 aromatic heterocycles. The number of rotatable bonds is 6. The van der Waals surface area contributed by atoms with Gasteiger partial charge < -0.3 is 9.47 Å². The van der Waals surface area contributed by atoms with Crippen LogP contribution >= 0.6 is 0 Å². The maximum atomic E-state index is 12.6.